The largest absolute Gasteiger partial charge is 0.496 e. The Labute approximate surface area is 149 Å². The Hall–Kier alpha value is -3.48. The number of para-hydroxylation sites is 1. The van der Waals surface area contributed by atoms with Crippen molar-refractivity contribution in [2.75, 3.05) is 13.9 Å². The molecule has 0 spiro atoms. The van der Waals surface area contributed by atoms with Crippen LogP contribution in [0.4, 0.5) is 0 Å². The first kappa shape index (κ1) is 16.0. The molecule has 132 valence electrons. The Morgan fingerprint density at radius 1 is 1.15 bits per heavy atom. The number of nitrogens with zero attached hydrogens (tertiary/aromatic N) is 1. The minimum absolute atomic E-state index is 0.171. The number of carbonyl (C=O) groups excluding carboxylic acids is 1. The number of benzene rings is 2. The number of fused-ring (bicyclic) bond motifs is 1. The molecule has 7 heteroatoms. The van der Waals surface area contributed by atoms with Crippen LogP contribution in [-0.2, 0) is 6.54 Å². The van der Waals surface area contributed by atoms with Gasteiger partial charge in [0.15, 0.2) is 17.3 Å². The predicted molar refractivity (Wildman–Crippen MR) is 92.2 cm³/mol. The SMILES string of the molecule is COc1ccccc1-c1cc(CNC(=O)c2ccc3c(c2)OCO3)on1. The molecule has 2 heterocycles. The molecular formula is C19H16N2O5. The molecule has 26 heavy (non-hydrogen) atoms. The van der Waals surface area contributed by atoms with E-state index in [2.05, 4.69) is 10.5 Å². The third-order valence-corrected chi connectivity index (χ3v) is 4.00. The second-order valence-electron chi connectivity index (χ2n) is 5.63. The van der Waals surface area contributed by atoms with Crippen molar-refractivity contribution in [1.29, 1.82) is 0 Å². The quantitative estimate of drug-likeness (QED) is 0.760. The highest BCUT2D eigenvalue weighted by atomic mass is 16.7. The lowest BCUT2D eigenvalue weighted by molar-refractivity contribution is 0.0946. The maximum Gasteiger partial charge on any atom is 0.251 e. The first-order valence-corrected chi connectivity index (χ1v) is 8.01. The summed E-state index contributed by atoms with van der Waals surface area (Å²) < 4.78 is 21.2. The lowest BCUT2D eigenvalue weighted by atomic mass is 10.1. The number of nitrogens with one attached hydrogen (secondary N) is 1. The summed E-state index contributed by atoms with van der Waals surface area (Å²) in [5, 5.41) is 6.85. The summed E-state index contributed by atoms with van der Waals surface area (Å²) in [6.45, 7) is 0.389. The summed E-state index contributed by atoms with van der Waals surface area (Å²) >= 11 is 0. The van der Waals surface area contributed by atoms with Crippen LogP contribution in [-0.4, -0.2) is 25.0 Å². The highest BCUT2D eigenvalue weighted by Crippen LogP contribution is 2.32. The first-order chi connectivity index (χ1) is 12.7. The number of carbonyl (C=O) groups is 1. The van der Waals surface area contributed by atoms with Gasteiger partial charge in [0.1, 0.15) is 11.4 Å². The molecule has 1 N–H and O–H groups in total. The molecule has 0 unspecified atom stereocenters. The molecule has 1 aromatic heterocycles. The van der Waals surface area contributed by atoms with E-state index >= 15 is 0 Å². The Morgan fingerprint density at radius 3 is 2.88 bits per heavy atom. The monoisotopic (exact) mass is 352 g/mol. The minimum atomic E-state index is -0.237. The zero-order chi connectivity index (χ0) is 17.9. The van der Waals surface area contributed by atoms with Crippen LogP contribution in [0.2, 0.25) is 0 Å². The molecule has 2 aromatic carbocycles. The van der Waals surface area contributed by atoms with E-state index in [9.17, 15) is 4.79 Å². The van der Waals surface area contributed by atoms with Crippen molar-refractivity contribution >= 4 is 5.91 Å². The van der Waals surface area contributed by atoms with Gasteiger partial charge in [0.05, 0.1) is 13.7 Å². The average molecular weight is 352 g/mol. The zero-order valence-electron chi connectivity index (χ0n) is 14.0. The van der Waals surface area contributed by atoms with Crippen molar-refractivity contribution in [3.05, 3.63) is 59.9 Å². The number of aromatic nitrogens is 1. The van der Waals surface area contributed by atoms with Crippen LogP contribution in [0.15, 0.2) is 53.1 Å². The Morgan fingerprint density at radius 2 is 2.00 bits per heavy atom. The maximum absolute atomic E-state index is 12.3. The van der Waals surface area contributed by atoms with E-state index < -0.39 is 0 Å². The topological polar surface area (TPSA) is 82.8 Å². The normalized spacial score (nSPS) is 12.0. The molecular weight excluding hydrogens is 336 g/mol. The average Bonchev–Trinajstić information content (AvgIpc) is 3.34. The molecule has 0 atom stereocenters. The fraction of sp³-hybridized carbons (Fsp3) is 0.158. The van der Waals surface area contributed by atoms with Crippen molar-refractivity contribution < 1.29 is 23.5 Å². The molecule has 0 saturated carbocycles. The molecule has 7 nitrogen and oxygen atoms in total. The molecule has 3 aromatic rings. The van der Waals surface area contributed by atoms with Crippen molar-refractivity contribution in [2.24, 2.45) is 0 Å². The Balaban J connectivity index is 1.44. The van der Waals surface area contributed by atoms with Crippen LogP contribution in [0.3, 0.4) is 0 Å². The lowest BCUT2D eigenvalue weighted by Crippen LogP contribution is -2.22. The molecule has 0 aliphatic carbocycles. The second-order valence-corrected chi connectivity index (χ2v) is 5.63. The van der Waals surface area contributed by atoms with Gasteiger partial charge in [0.2, 0.25) is 6.79 Å². The fourth-order valence-corrected chi connectivity index (χ4v) is 2.69. The molecule has 0 bridgehead atoms. The minimum Gasteiger partial charge on any atom is -0.496 e. The Bertz CT molecular complexity index is 951. The van der Waals surface area contributed by atoms with E-state index in [0.717, 1.165) is 5.56 Å². The van der Waals surface area contributed by atoms with Crippen LogP contribution >= 0.6 is 0 Å². The summed E-state index contributed by atoms with van der Waals surface area (Å²) in [7, 11) is 1.60. The predicted octanol–water partition coefficient (Wildman–Crippen LogP) is 3.01. The molecule has 1 amide bonds. The Kier molecular flexibility index (Phi) is 4.18. The number of ether oxygens (including phenoxy) is 3. The van der Waals surface area contributed by atoms with E-state index in [0.29, 0.717) is 34.3 Å². The van der Waals surface area contributed by atoms with E-state index in [1.807, 2.05) is 24.3 Å². The third kappa shape index (κ3) is 3.06. The van der Waals surface area contributed by atoms with Gasteiger partial charge in [0, 0.05) is 17.2 Å². The number of rotatable bonds is 5. The van der Waals surface area contributed by atoms with Crippen LogP contribution in [0, 0.1) is 0 Å². The second kappa shape index (κ2) is 6.79. The summed E-state index contributed by atoms with van der Waals surface area (Å²) in [4.78, 5) is 12.3. The van der Waals surface area contributed by atoms with Gasteiger partial charge in [-0.3, -0.25) is 4.79 Å². The van der Waals surface area contributed by atoms with Crippen LogP contribution in [0.25, 0.3) is 11.3 Å². The van der Waals surface area contributed by atoms with Gasteiger partial charge in [-0.2, -0.15) is 0 Å². The fourth-order valence-electron chi connectivity index (χ4n) is 2.69. The van der Waals surface area contributed by atoms with Gasteiger partial charge >= 0.3 is 0 Å². The number of amides is 1. The summed E-state index contributed by atoms with van der Waals surface area (Å²) in [5.41, 5.74) is 1.96. The maximum atomic E-state index is 12.3. The zero-order valence-corrected chi connectivity index (χ0v) is 14.0. The molecule has 0 fully saturated rings. The van der Waals surface area contributed by atoms with E-state index in [1.165, 1.54) is 0 Å². The van der Waals surface area contributed by atoms with Crippen molar-refractivity contribution in [3.8, 4) is 28.5 Å². The van der Waals surface area contributed by atoms with Crippen LogP contribution in [0.1, 0.15) is 16.1 Å². The van der Waals surface area contributed by atoms with E-state index in [1.54, 1.807) is 31.4 Å². The number of hydrogen-bond donors (Lipinski definition) is 1. The van der Waals surface area contributed by atoms with Gasteiger partial charge < -0.3 is 24.1 Å². The van der Waals surface area contributed by atoms with Gasteiger partial charge in [0.25, 0.3) is 5.91 Å². The van der Waals surface area contributed by atoms with E-state index in [-0.39, 0.29) is 19.2 Å². The molecule has 0 saturated heterocycles. The van der Waals surface area contributed by atoms with Crippen molar-refractivity contribution in [1.82, 2.24) is 10.5 Å². The van der Waals surface area contributed by atoms with Crippen LogP contribution in [0.5, 0.6) is 17.2 Å². The summed E-state index contributed by atoms with van der Waals surface area (Å²) in [6.07, 6.45) is 0. The lowest BCUT2D eigenvalue weighted by Gasteiger charge is -2.04. The van der Waals surface area contributed by atoms with Gasteiger partial charge in [-0.05, 0) is 30.3 Å². The van der Waals surface area contributed by atoms with Gasteiger partial charge in [-0.15, -0.1) is 0 Å². The van der Waals surface area contributed by atoms with Crippen LogP contribution < -0.4 is 19.5 Å². The first-order valence-electron chi connectivity index (χ1n) is 8.01. The molecule has 1 aliphatic heterocycles. The van der Waals surface area contributed by atoms with Crippen molar-refractivity contribution in [3.63, 3.8) is 0 Å². The summed E-state index contributed by atoms with van der Waals surface area (Å²) in [5.74, 6) is 2.21. The molecule has 4 rings (SSSR count). The van der Waals surface area contributed by atoms with Gasteiger partial charge in [-0.1, -0.05) is 17.3 Å². The van der Waals surface area contributed by atoms with E-state index in [4.69, 9.17) is 18.7 Å². The molecule has 1 aliphatic rings. The number of hydrogen-bond acceptors (Lipinski definition) is 6. The van der Waals surface area contributed by atoms with Crippen molar-refractivity contribution in [2.45, 2.75) is 6.54 Å². The third-order valence-electron chi connectivity index (χ3n) is 4.00. The number of methoxy groups -OCH3 is 1. The van der Waals surface area contributed by atoms with Gasteiger partial charge in [-0.25, -0.2) is 0 Å². The highest BCUT2D eigenvalue weighted by molar-refractivity contribution is 5.94. The standard InChI is InChI=1S/C19H16N2O5/c1-23-16-5-3-2-4-14(16)15-9-13(26-21-15)10-20-19(22)12-6-7-17-18(8-12)25-11-24-17/h2-9H,10-11H2,1H3,(H,20,22). The molecule has 0 radical (unpaired) electrons. The smallest absolute Gasteiger partial charge is 0.251 e. The highest BCUT2D eigenvalue weighted by Gasteiger charge is 2.17. The summed E-state index contributed by atoms with van der Waals surface area (Å²) in [6, 6.07) is 14.4.